The summed E-state index contributed by atoms with van der Waals surface area (Å²) in [5.41, 5.74) is -0.191. The first-order valence-electron chi connectivity index (χ1n) is 12.7. The highest BCUT2D eigenvalue weighted by atomic mass is 35.5. The number of halogens is 1. The Bertz CT molecular complexity index is 939. The minimum atomic E-state index is -1.21. The van der Waals surface area contributed by atoms with E-state index in [0.717, 1.165) is 18.4 Å². The summed E-state index contributed by atoms with van der Waals surface area (Å²) in [6.45, 7) is 6.15. The van der Waals surface area contributed by atoms with Crippen LogP contribution < -0.4 is 4.74 Å². The van der Waals surface area contributed by atoms with E-state index in [2.05, 4.69) is 19.1 Å². The van der Waals surface area contributed by atoms with E-state index in [0.29, 0.717) is 42.6 Å². The van der Waals surface area contributed by atoms with Crippen LogP contribution in [0.15, 0.2) is 48.1 Å². The first kappa shape index (κ1) is 26.2. The Morgan fingerprint density at radius 3 is 2.63 bits per heavy atom. The van der Waals surface area contributed by atoms with Crippen molar-refractivity contribution in [1.82, 2.24) is 0 Å². The second-order valence-electron chi connectivity index (χ2n) is 10.6. The van der Waals surface area contributed by atoms with Crippen molar-refractivity contribution in [3.63, 3.8) is 0 Å². The molecule has 6 nitrogen and oxygen atoms in total. The van der Waals surface area contributed by atoms with Crippen LogP contribution >= 0.6 is 11.6 Å². The number of hydrogen-bond acceptors (Lipinski definition) is 6. The lowest BCUT2D eigenvalue weighted by Crippen LogP contribution is -2.47. The third-order valence-corrected chi connectivity index (χ3v) is 7.72. The predicted molar refractivity (Wildman–Crippen MR) is 134 cm³/mol. The molecule has 0 radical (unpaired) electrons. The molecule has 1 aromatic carbocycles. The molecule has 7 heteroatoms. The molecule has 0 amide bonds. The van der Waals surface area contributed by atoms with E-state index in [1.807, 2.05) is 6.08 Å². The highest BCUT2D eigenvalue weighted by molar-refractivity contribution is 6.30. The fourth-order valence-electron chi connectivity index (χ4n) is 5.54. The smallest absolute Gasteiger partial charge is 0.350 e. The van der Waals surface area contributed by atoms with Gasteiger partial charge in [0.1, 0.15) is 11.9 Å². The van der Waals surface area contributed by atoms with E-state index in [1.165, 1.54) is 0 Å². The van der Waals surface area contributed by atoms with Crippen molar-refractivity contribution in [3.8, 4) is 5.75 Å². The monoisotopic (exact) mass is 504 g/mol. The Balaban J connectivity index is 1.47. The number of fused-ring (bicyclic) bond motifs is 1. The summed E-state index contributed by atoms with van der Waals surface area (Å²) >= 11 is 5.96. The summed E-state index contributed by atoms with van der Waals surface area (Å²) in [5, 5.41) is 21.1. The van der Waals surface area contributed by atoms with Crippen LogP contribution in [0.1, 0.15) is 52.9 Å². The zero-order chi connectivity index (χ0) is 25.2. The molecule has 1 heterocycles. The minimum absolute atomic E-state index is 0.0119. The maximum Gasteiger partial charge on any atom is 0.350 e. The fraction of sp³-hybridized carbons (Fsp3) is 0.607. The predicted octanol–water partition coefficient (Wildman–Crippen LogP) is 4.86. The van der Waals surface area contributed by atoms with Crippen molar-refractivity contribution >= 4 is 17.6 Å². The molecular weight excluding hydrogens is 468 g/mol. The van der Waals surface area contributed by atoms with Crippen LogP contribution in [0, 0.1) is 17.8 Å². The van der Waals surface area contributed by atoms with E-state index >= 15 is 0 Å². The van der Waals surface area contributed by atoms with E-state index in [4.69, 9.17) is 25.8 Å². The molecule has 4 rings (SSSR count). The van der Waals surface area contributed by atoms with Crippen LogP contribution in [0.5, 0.6) is 5.75 Å². The van der Waals surface area contributed by atoms with E-state index in [9.17, 15) is 15.0 Å². The number of benzene rings is 1. The van der Waals surface area contributed by atoms with Gasteiger partial charge in [0, 0.05) is 24.0 Å². The summed E-state index contributed by atoms with van der Waals surface area (Å²) < 4.78 is 17.9. The summed E-state index contributed by atoms with van der Waals surface area (Å²) in [6, 6.07) is 6.86. The molecule has 1 aromatic rings. The molecule has 2 aliphatic carbocycles. The van der Waals surface area contributed by atoms with Crippen LogP contribution in [0.3, 0.4) is 0 Å². The molecule has 1 saturated heterocycles. The zero-order valence-corrected chi connectivity index (χ0v) is 21.5. The topological polar surface area (TPSA) is 85.2 Å². The Kier molecular flexibility index (Phi) is 8.26. The van der Waals surface area contributed by atoms with Gasteiger partial charge in [0.05, 0.1) is 18.3 Å². The third-order valence-electron chi connectivity index (χ3n) is 7.47. The molecule has 1 aliphatic heterocycles. The van der Waals surface area contributed by atoms with Crippen LogP contribution in [0.2, 0.25) is 5.02 Å². The summed E-state index contributed by atoms with van der Waals surface area (Å²) in [7, 11) is 0. The molecule has 35 heavy (non-hydrogen) atoms. The lowest BCUT2D eigenvalue weighted by Gasteiger charge is -2.43. The summed E-state index contributed by atoms with van der Waals surface area (Å²) in [6.07, 6.45) is 8.19. The van der Waals surface area contributed by atoms with Crippen molar-refractivity contribution in [2.24, 2.45) is 17.8 Å². The van der Waals surface area contributed by atoms with Gasteiger partial charge in [-0.1, -0.05) is 36.8 Å². The molecule has 192 valence electrons. The Hall–Kier alpha value is -1.86. The van der Waals surface area contributed by atoms with Crippen molar-refractivity contribution < 1.29 is 29.2 Å². The molecular formula is C28H37ClO6. The number of hydrogen-bond donors (Lipinski definition) is 2. The molecule has 2 N–H and O–H groups in total. The number of rotatable bonds is 7. The zero-order valence-electron chi connectivity index (χ0n) is 20.7. The summed E-state index contributed by atoms with van der Waals surface area (Å²) in [4.78, 5) is 13.3. The minimum Gasteiger partial charge on any atom is -0.476 e. The molecule has 0 aromatic heterocycles. The highest BCUT2D eigenvalue weighted by Gasteiger charge is 2.44. The van der Waals surface area contributed by atoms with Gasteiger partial charge in [0.25, 0.3) is 0 Å². The lowest BCUT2D eigenvalue weighted by molar-refractivity contribution is -0.170. The highest BCUT2D eigenvalue weighted by Crippen LogP contribution is 2.44. The molecule has 1 fully saturated rings. The summed E-state index contributed by atoms with van der Waals surface area (Å²) in [5.74, 6) is 0.579. The van der Waals surface area contributed by atoms with E-state index in [-0.39, 0.29) is 24.0 Å². The molecule has 0 bridgehead atoms. The van der Waals surface area contributed by atoms with Crippen LogP contribution in [-0.2, 0) is 14.3 Å². The van der Waals surface area contributed by atoms with Gasteiger partial charge in [0.15, 0.2) is 5.60 Å². The van der Waals surface area contributed by atoms with Gasteiger partial charge < -0.3 is 24.4 Å². The number of aliphatic hydroxyl groups excluding tert-OH is 2. The number of ether oxygens (including phenoxy) is 3. The maximum atomic E-state index is 13.3. The largest absolute Gasteiger partial charge is 0.476 e. The van der Waals surface area contributed by atoms with Gasteiger partial charge in [-0.25, -0.2) is 4.79 Å². The fourth-order valence-corrected chi connectivity index (χ4v) is 5.67. The van der Waals surface area contributed by atoms with Gasteiger partial charge in [-0.3, -0.25) is 0 Å². The van der Waals surface area contributed by atoms with Crippen LogP contribution in [0.25, 0.3) is 0 Å². The number of esters is 1. The first-order valence-corrected chi connectivity index (χ1v) is 13.0. The average Bonchev–Trinajstić information content (AvgIpc) is 2.80. The van der Waals surface area contributed by atoms with Gasteiger partial charge in [-0.05, 0) is 81.2 Å². The normalized spacial score (nSPS) is 33.0. The van der Waals surface area contributed by atoms with Crippen LogP contribution in [-0.4, -0.2) is 52.8 Å². The van der Waals surface area contributed by atoms with Gasteiger partial charge in [-0.15, -0.1) is 0 Å². The van der Waals surface area contributed by atoms with Crippen molar-refractivity contribution in [3.05, 3.63) is 53.1 Å². The maximum absolute atomic E-state index is 13.3. The average molecular weight is 505 g/mol. The second kappa shape index (κ2) is 11.0. The number of aliphatic hydroxyl groups is 2. The quantitative estimate of drug-likeness (QED) is 0.516. The Morgan fingerprint density at radius 2 is 1.91 bits per heavy atom. The standard InChI is InChI=1S/C28H37ClO6/c1-17-4-5-18-14-21(31)16-25(26(18)24(17)11-10-23-15-20(30)12-13-33-23)34-27(32)28(2,3)35-22-8-6-19(29)7-9-22/h4-9,14,17,20-21,23-26,30-31H,10-13,15-16H2,1-3H3/t17-,20+,21+,23+,24-,25-,26-/m0/s1. The van der Waals surface area contributed by atoms with Crippen molar-refractivity contribution in [2.45, 2.75) is 82.9 Å². The second-order valence-corrected chi connectivity index (χ2v) is 11.1. The molecule has 3 aliphatic rings. The van der Waals surface area contributed by atoms with Crippen molar-refractivity contribution in [2.75, 3.05) is 6.61 Å². The van der Waals surface area contributed by atoms with E-state index < -0.39 is 23.8 Å². The molecule has 0 unspecified atom stereocenters. The number of carbonyl (C=O) groups is 1. The Morgan fingerprint density at radius 1 is 1.17 bits per heavy atom. The lowest BCUT2D eigenvalue weighted by atomic mass is 9.66. The van der Waals surface area contributed by atoms with Gasteiger partial charge in [0.2, 0.25) is 0 Å². The first-order chi connectivity index (χ1) is 16.6. The third kappa shape index (κ3) is 6.48. The molecule has 7 atom stereocenters. The van der Waals surface area contributed by atoms with Crippen LogP contribution in [0.4, 0.5) is 0 Å². The Labute approximate surface area is 212 Å². The SMILES string of the molecule is C[C@H]1C=CC2=C[C@@H](O)C[C@H](OC(=O)C(C)(C)Oc3ccc(Cl)cc3)[C@@H]2[C@H]1CC[C@@H]1C[C@H](O)CCO1. The van der Waals surface area contributed by atoms with E-state index in [1.54, 1.807) is 38.1 Å². The molecule has 0 saturated carbocycles. The van der Waals surface area contributed by atoms with Gasteiger partial charge >= 0.3 is 5.97 Å². The number of carbonyl (C=O) groups excluding carboxylic acids is 1. The number of allylic oxidation sites excluding steroid dienone is 2. The molecule has 0 spiro atoms. The van der Waals surface area contributed by atoms with Gasteiger partial charge in [-0.2, -0.15) is 0 Å². The van der Waals surface area contributed by atoms with Crippen molar-refractivity contribution in [1.29, 1.82) is 0 Å².